The minimum atomic E-state index is -0.312. The lowest BCUT2D eigenvalue weighted by Crippen LogP contribution is -1.83. The zero-order chi connectivity index (χ0) is 8.72. The van der Waals surface area contributed by atoms with E-state index in [1.165, 1.54) is 23.5 Å². The molecule has 2 N–H and O–H groups in total. The molecule has 0 fully saturated rings. The molecule has 1 heterocycles. The van der Waals surface area contributed by atoms with Crippen molar-refractivity contribution in [3.63, 3.8) is 0 Å². The van der Waals surface area contributed by atoms with Crippen molar-refractivity contribution in [2.75, 3.05) is 5.73 Å². The second-order valence-electron chi connectivity index (χ2n) is 2.42. The van der Waals surface area contributed by atoms with Crippen LogP contribution in [0.15, 0.2) is 17.5 Å². The van der Waals surface area contributed by atoms with Gasteiger partial charge in [0.15, 0.2) is 0 Å². The largest absolute Gasteiger partial charge is 0.397 e. The second kappa shape index (κ2) is 2.61. The molecule has 2 rings (SSSR count). The Morgan fingerprint density at radius 2 is 2.17 bits per heavy atom. The standard InChI is InChI=1S/C8H5ClFNS/c9-4-1-2-5(10)7-6(11)3-12-8(4)7/h1-3H,11H2. The molecule has 1 aromatic heterocycles. The van der Waals surface area contributed by atoms with Crippen LogP contribution in [0.2, 0.25) is 5.02 Å². The second-order valence-corrected chi connectivity index (χ2v) is 3.71. The summed E-state index contributed by atoms with van der Waals surface area (Å²) in [5, 5.41) is 2.68. The molecule has 0 aliphatic carbocycles. The summed E-state index contributed by atoms with van der Waals surface area (Å²) in [6.45, 7) is 0. The summed E-state index contributed by atoms with van der Waals surface area (Å²) in [6, 6.07) is 2.86. The smallest absolute Gasteiger partial charge is 0.134 e. The van der Waals surface area contributed by atoms with E-state index in [0.29, 0.717) is 20.8 Å². The molecule has 1 aromatic carbocycles. The predicted molar refractivity (Wildman–Crippen MR) is 51.2 cm³/mol. The summed E-state index contributed by atoms with van der Waals surface area (Å²) in [7, 11) is 0. The van der Waals surface area contributed by atoms with Crippen molar-refractivity contribution >= 4 is 38.7 Å². The maximum atomic E-state index is 13.1. The minimum Gasteiger partial charge on any atom is -0.397 e. The van der Waals surface area contributed by atoms with Crippen LogP contribution in [0.3, 0.4) is 0 Å². The molecule has 62 valence electrons. The van der Waals surface area contributed by atoms with Crippen LogP contribution in [0.5, 0.6) is 0 Å². The normalized spacial score (nSPS) is 10.8. The zero-order valence-electron chi connectivity index (χ0n) is 5.97. The van der Waals surface area contributed by atoms with Gasteiger partial charge in [-0.15, -0.1) is 11.3 Å². The van der Waals surface area contributed by atoms with Crippen LogP contribution >= 0.6 is 22.9 Å². The first kappa shape index (κ1) is 7.83. The molecule has 0 aliphatic heterocycles. The van der Waals surface area contributed by atoms with Crippen molar-refractivity contribution in [2.45, 2.75) is 0 Å². The van der Waals surface area contributed by atoms with E-state index >= 15 is 0 Å². The third kappa shape index (κ3) is 0.974. The Morgan fingerprint density at radius 3 is 2.83 bits per heavy atom. The fourth-order valence-electron chi connectivity index (χ4n) is 1.10. The molecular formula is C8H5ClFNS. The number of anilines is 1. The maximum Gasteiger partial charge on any atom is 0.134 e. The average molecular weight is 202 g/mol. The van der Waals surface area contributed by atoms with Gasteiger partial charge in [0.1, 0.15) is 5.82 Å². The van der Waals surface area contributed by atoms with Gasteiger partial charge < -0.3 is 5.73 Å². The molecule has 4 heteroatoms. The maximum absolute atomic E-state index is 13.1. The number of fused-ring (bicyclic) bond motifs is 1. The highest BCUT2D eigenvalue weighted by atomic mass is 35.5. The highest BCUT2D eigenvalue weighted by Crippen LogP contribution is 2.35. The first-order chi connectivity index (χ1) is 5.70. The van der Waals surface area contributed by atoms with Gasteiger partial charge in [0, 0.05) is 5.38 Å². The van der Waals surface area contributed by atoms with Crippen LogP contribution in [0, 0.1) is 5.82 Å². The van der Waals surface area contributed by atoms with Gasteiger partial charge >= 0.3 is 0 Å². The monoisotopic (exact) mass is 201 g/mol. The first-order valence-corrected chi connectivity index (χ1v) is 4.56. The van der Waals surface area contributed by atoms with E-state index in [2.05, 4.69) is 0 Å². The fourth-order valence-corrected chi connectivity index (χ4v) is 2.27. The number of thiophene rings is 1. The van der Waals surface area contributed by atoms with Gasteiger partial charge in [0.25, 0.3) is 0 Å². The molecule has 0 unspecified atom stereocenters. The van der Waals surface area contributed by atoms with Crippen LogP contribution in [0.4, 0.5) is 10.1 Å². The number of benzene rings is 1. The number of hydrogen-bond donors (Lipinski definition) is 1. The molecule has 0 saturated carbocycles. The van der Waals surface area contributed by atoms with Crippen LogP contribution in [0.25, 0.3) is 10.1 Å². The summed E-state index contributed by atoms with van der Waals surface area (Å²) in [5.74, 6) is -0.312. The van der Waals surface area contributed by atoms with E-state index in [1.54, 1.807) is 5.38 Å². The number of nitrogen functional groups attached to an aromatic ring is 1. The van der Waals surface area contributed by atoms with Crippen molar-refractivity contribution in [1.29, 1.82) is 0 Å². The Balaban J connectivity index is 2.98. The molecular weight excluding hydrogens is 197 g/mol. The highest BCUT2D eigenvalue weighted by molar-refractivity contribution is 7.18. The molecule has 0 radical (unpaired) electrons. The van der Waals surface area contributed by atoms with Crippen LogP contribution in [0.1, 0.15) is 0 Å². The highest BCUT2D eigenvalue weighted by Gasteiger charge is 2.08. The van der Waals surface area contributed by atoms with E-state index in [4.69, 9.17) is 17.3 Å². The lowest BCUT2D eigenvalue weighted by Gasteiger charge is -1.95. The van der Waals surface area contributed by atoms with Crippen LogP contribution in [-0.2, 0) is 0 Å². The summed E-state index contributed by atoms with van der Waals surface area (Å²) >= 11 is 7.19. The van der Waals surface area contributed by atoms with E-state index in [0.717, 1.165) is 0 Å². The molecule has 12 heavy (non-hydrogen) atoms. The summed E-state index contributed by atoms with van der Waals surface area (Å²) in [5.41, 5.74) is 6.01. The van der Waals surface area contributed by atoms with Gasteiger partial charge in [-0.3, -0.25) is 0 Å². The van der Waals surface area contributed by atoms with Crippen LogP contribution in [-0.4, -0.2) is 0 Å². The number of hydrogen-bond acceptors (Lipinski definition) is 2. The first-order valence-electron chi connectivity index (χ1n) is 3.31. The zero-order valence-corrected chi connectivity index (χ0v) is 7.55. The SMILES string of the molecule is Nc1csc2c(Cl)ccc(F)c12. The molecule has 0 aliphatic rings. The van der Waals surface area contributed by atoms with Crippen LogP contribution < -0.4 is 5.73 Å². The fraction of sp³-hybridized carbons (Fsp3) is 0. The molecule has 1 nitrogen and oxygen atoms in total. The Bertz CT molecular complexity index is 438. The van der Waals surface area contributed by atoms with Gasteiger partial charge in [-0.25, -0.2) is 4.39 Å². The van der Waals surface area contributed by atoms with E-state index in [9.17, 15) is 4.39 Å². The summed E-state index contributed by atoms with van der Waals surface area (Å²) < 4.78 is 13.8. The summed E-state index contributed by atoms with van der Waals surface area (Å²) in [4.78, 5) is 0. The van der Waals surface area contributed by atoms with E-state index in [1.807, 2.05) is 0 Å². The van der Waals surface area contributed by atoms with Crippen molar-refractivity contribution in [2.24, 2.45) is 0 Å². The van der Waals surface area contributed by atoms with E-state index in [-0.39, 0.29) is 5.82 Å². The average Bonchev–Trinajstić information content (AvgIpc) is 2.42. The molecule has 0 atom stereocenters. The molecule has 0 spiro atoms. The minimum absolute atomic E-state index is 0.312. The molecule has 0 amide bonds. The Morgan fingerprint density at radius 1 is 1.42 bits per heavy atom. The topological polar surface area (TPSA) is 26.0 Å². The lowest BCUT2D eigenvalue weighted by molar-refractivity contribution is 0.640. The number of rotatable bonds is 0. The Kier molecular flexibility index (Phi) is 1.70. The Hall–Kier alpha value is -0.800. The predicted octanol–water partition coefficient (Wildman–Crippen LogP) is 3.28. The molecule has 0 saturated heterocycles. The molecule has 0 bridgehead atoms. The van der Waals surface area contributed by atoms with Gasteiger partial charge in [0.2, 0.25) is 0 Å². The van der Waals surface area contributed by atoms with Gasteiger partial charge in [-0.2, -0.15) is 0 Å². The van der Waals surface area contributed by atoms with Crippen molar-refractivity contribution in [3.8, 4) is 0 Å². The number of halogens is 2. The van der Waals surface area contributed by atoms with Gasteiger partial charge in [-0.1, -0.05) is 11.6 Å². The Labute approximate surface area is 77.6 Å². The quantitative estimate of drug-likeness (QED) is 0.696. The number of nitrogens with two attached hydrogens (primary N) is 1. The van der Waals surface area contributed by atoms with E-state index < -0.39 is 0 Å². The third-order valence-corrected chi connectivity index (χ3v) is 3.11. The lowest BCUT2D eigenvalue weighted by atomic mass is 10.2. The van der Waals surface area contributed by atoms with Gasteiger partial charge in [0.05, 0.1) is 20.8 Å². The summed E-state index contributed by atoms with van der Waals surface area (Å²) in [6.07, 6.45) is 0. The van der Waals surface area contributed by atoms with Crippen molar-refractivity contribution in [3.05, 3.63) is 28.4 Å². The van der Waals surface area contributed by atoms with Crippen molar-refractivity contribution < 1.29 is 4.39 Å². The van der Waals surface area contributed by atoms with Gasteiger partial charge in [-0.05, 0) is 12.1 Å². The third-order valence-electron chi connectivity index (χ3n) is 1.65. The molecule has 2 aromatic rings. The van der Waals surface area contributed by atoms with Crippen molar-refractivity contribution in [1.82, 2.24) is 0 Å².